The Bertz CT molecular complexity index is 259. The molecule has 0 spiro atoms. The van der Waals surface area contributed by atoms with Crippen molar-refractivity contribution in [3.8, 4) is 0 Å². The molecule has 0 radical (unpaired) electrons. The minimum Gasteiger partial charge on any atom is -0.312 e. The van der Waals surface area contributed by atoms with Crippen molar-refractivity contribution in [2.45, 2.75) is 122 Å². The van der Waals surface area contributed by atoms with Crippen LogP contribution < -0.4 is 5.32 Å². The maximum Gasteiger partial charge on any atom is 0.00695 e. The van der Waals surface area contributed by atoms with E-state index >= 15 is 0 Å². The first kappa shape index (κ1) is 19.7. The van der Waals surface area contributed by atoms with E-state index in [2.05, 4.69) is 31.3 Å². The fourth-order valence-corrected chi connectivity index (χ4v) is 3.58. The van der Waals surface area contributed by atoms with E-state index in [0.29, 0.717) is 0 Å². The van der Waals surface area contributed by atoms with Gasteiger partial charge in [-0.15, -0.1) is 0 Å². The molecule has 1 N–H and O–H groups in total. The van der Waals surface area contributed by atoms with Gasteiger partial charge in [-0.1, -0.05) is 70.4 Å². The van der Waals surface area contributed by atoms with E-state index in [4.69, 9.17) is 0 Å². The highest BCUT2D eigenvalue weighted by Gasteiger charge is 2.16. The fraction of sp³-hybridized carbons (Fsp3) is 0.905. The Morgan fingerprint density at radius 2 is 1.45 bits per heavy atom. The zero-order valence-electron chi connectivity index (χ0n) is 15.4. The van der Waals surface area contributed by atoms with Gasteiger partial charge in [-0.05, 0) is 51.9 Å². The smallest absolute Gasteiger partial charge is 0.00695 e. The predicted molar refractivity (Wildman–Crippen MR) is 100 cm³/mol. The Balaban J connectivity index is 1.80. The third-order valence-corrected chi connectivity index (χ3v) is 5.02. The number of unbranched alkanes of at least 4 members (excludes halogenated alkanes) is 9. The van der Waals surface area contributed by atoms with Crippen LogP contribution in [0.25, 0.3) is 0 Å². The molecule has 22 heavy (non-hydrogen) atoms. The normalized spacial score (nSPS) is 22.5. The molecule has 2 atom stereocenters. The van der Waals surface area contributed by atoms with Crippen LogP contribution in [0.3, 0.4) is 0 Å². The lowest BCUT2D eigenvalue weighted by Crippen LogP contribution is -2.40. The largest absolute Gasteiger partial charge is 0.312 e. The van der Waals surface area contributed by atoms with Crippen LogP contribution in [0.2, 0.25) is 0 Å². The second-order valence-corrected chi connectivity index (χ2v) is 7.36. The first-order valence-electron chi connectivity index (χ1n) is 10.2. The predicted octanol–water partition coefficient (Wildman–Crippen LogP) is 6.77. The van der Waals surface area contributed by atoms with Crippen LogP contribution in [0.15, 0.2) is 12.2 Å². The van der Waals surface area contributed by atoms with E-state index in [0.717, 1.165) is 12.1 Å². The zero-order valence-corrected chi connectivity index (χ0v) is 15.4. The quantitative estimate of drug-likeness (QED) is 0.292. The van der Waals surface area contributed by atoms with Gasteiger partial charge in [0.2, 0.25) is 0 Å². The minimum atomic E-state index is 0.753. The highest BCUT2D eigenvalue weighted by molar-refractivity contribution is 4.81. The second-order valence-electron chi connectivity index (χ2n) is 7.36. The number of nitrogens with one attached hydrogen (secondary N) is 1. The highest BCUT2D eigenvalue weighted by atomic mass is 15.0. The molecule has 2 unspecified atom stereocenters. The van der Waals surface area contributed by atoms with Gasteiger partial charge in [-0.25, -0.2) is 0 Å². The van der Waals surface area contributed by atoms with Gasteiger partial charge >= 0.3 is 0 Å². The number of hydrogen-bond donors (Lipinski definition) is 1. The fourth-order valence-electron chi connectivity index (χ4n) is 3.58. The Hall–Kier alpha value is -0.300. The minimum absolute atomic E-state index is 0.753. The van der Waals surface area contributed by atoms with Crippen molar-refractivity contribution in [2.75, 3.05) is 0 Å². The lowest BCUT2D eigenvalue weighted by atomic mass is 9.95. The van der Waals surface area contributed by atoms with E-state index in [1.807, 2.05) is 0 Å². The van der Waals surface area contributed by atoms with E-state index in [1.165, 1.54) is 96.3 Å². The average Bonchev–Trinajstić information content (AvgIpc) is 2.52. The van der Waals surface area contributed by atoms with Gasteiger partial charge in [0, 0.05) is 12.1 Å². The number of piperidine rings is 1. The molecule has 0 bridgehead atoms. The van der Waals surface area contributed by atoms with Crippen LogP contribution in [0.1, 0.15) is 110 Å². The van der Waals surface area contributed by atoms with Gasteiger partial charge in [0.05, 0.1) is 0 Å². The van der Waals surface area contributed by atoms with Crippen molar-refractivity contribution in [3.05, 3.63) is 12.2 Å². The van der Waals surface area contributed by atoms with Gasteiger partial charge < -0.3 is 5.32 Å². The molecule has 0 aromatic heterocycles. The van der Waals surface area contributed by atoms with Crippen molar-refractivity contribution in [3.63, 3.8) is 0 Å². The summed E-state index contributed by atoms with van der Waals surface area (Å²) in [4.78, 5) is 0. The lowest BCUT2D eigenvalue weighted by molar-refractivity contribution is 0.315. The Morgan fingerprint density at radius 3 is 2.14 bits per heavy atom. The maximum atomic E-state index is 3.75. The molecule has 130 valence electrons. The number of rotatable bonds is 13. The lowest BCUT2D eigenvalue weighted by Gasteiger charge is -2.28. The van der Waals surface area contributed by atoms with Crippen LogP contribution >= 0.6 is 0 Å². The monoisotopic (exact) mass is 307 g/mol. The molecule has 0 saturated carbocycles. The van der Waals surface area contributed by atoms with Crippen LogP contribution in [-0.2, 0) is 0 Å². The Labute approximate surface area is 140 Å². The van der Waals surface area contributed by atoms with Gasteiger partial charge in [0.1, 0.15) is 0 Å². The standard InChI is InChI=1S/C21H41N/c1-3-4-5-6-7-8-9-10-11-12-13-14-15-18-21-19-16-17-20(2)22-21/h10-11,20-22H,3-9,12-19H2,1-2H3/b11-10+. The molecule has 1 nitrogen and oxygen atoms in total. The second kappa shape index (κ2) is 14.3. The van der Waals surface area contributed by atoms with E-state index < -0.39 is 0 Å². The summed E-state index contributed by atoms with van der Waals surface area (Å²) in [6, 6.07) is 1.57. The molecule has 0 aromatic carbocycles. The number of allylic oxidation sites excluding steroid dienone is 2. The molecular formula is C21H41N. The summed E-state index contributed by atoms with van der Waals surface area (Å²) in [5.74, 6) is 0. The van der Waals surface area contributed by atoms with Crippen molar-refractivity contribution in [1.82, 2.24) is 5.32 Å². The molecule has 1 heteroatoms. The molecule has 0 amide bonds. The summed E-state index contributed by atoms with van der Waals surface area (Å²) in [5.41, 5.74) is 0. The summed E-state index contributed by atoms with van der Waals surface area (Å²) in [7, 11) is 0. The molecule has 1 aliphatic rings. The van der Waals surface area contributed by atoms with Crippen molar-refractivity contribution in [2.24, 2.45) is 0 Å². The van der Waals surface area contributed by atoms with Crippen molar-refractivity contribution in [1.29, 1.82) is 0 Å². The van der Waals surface area contributed by atoms with Crippen LogP contribution in [0, 0.1) is 0 Å². The van der Waals surface area contributed by atoms with Gasteiger partial charge in [0.25, 0.3) is 0 Å². The van der Waals surface area contributed by atoms with Gasteiger partial charge in [-0.3, -0.25) is 0 Å². The van der Waals surface area contributed by atoms with Crippen molar-refractivity contribution >= 4 is 0 Å². The summed E-state index contributed by atoms with van der Waals surface area (Å²) in [6.07, 6.45) is 25.7. The number of hydrogen-bond acceptors (Lipinski definition) is 1. The molecule has 1 heterocycles. The molecule has 1 rings (SSSR count). The first-order valence-corrected chi connectivity index (χ1v) is 10.2. The van der Waals surface area contributed by atoms with E-state index in [-0.39, 0.29) is 0 Å². The van der Waals surface area contributed by atoms with Gasteiger partial charge in [-0.2, -0.15) is 0 Å². The summed E-state index contributed by atoms with van der Waals surface area (Å²) in [6.45, 7) is 4.62. The summed E-state index contributed by atoms with van der Waals surface area (Å²) in [5, 5.41) is 3.75. The van der Waals surface area contributed by atoms with E-state index in [1.54, 1.807) is 0 Å². The molecular weight excluding hydrogens is 266 g/mol. The zero-order chi connectivity index (χ0) is 15.9. The Morgan fingerprint density at radius 1 is 0.818 bits per heavy atom. The third-order valence-electron chi connectivity index (χ3n) is 5.02. The first-order chi connectivity index (χ1) is 10.8. The van der Waals surface area contributed by atoms with Gasteiger partial charge in [0.15, 0.2) is 0 Å². The third kappa shape index (κ3) is 11.3. The highest BCUT2D eigenvalue weighted by Crippen LogP contribution is 2.17. The average molecular weight is 308 g/mol. The van der Waals surface area contributed by atoms with Crippen LogP contribution in [0.5, 0.6) is 0 Å². The molecule has 1 aliphatic heterocycles. The maximum absolute atomic E-state index is 3.75. The Kier molecular flexibility index (Phi) is 12.8. The molecule has 0 aromatic rings. The topological polar surface area (TPSA) is 12.0 Å². The SMILES string of the molecule is CCCCCCCC/C=C/CCCCCC1CCCC(C)N1. The molecule has 1 fully saturated rings. The summed E-state index contributed by atoms with van der Waals surface area (Å²) >= 11 is 0. The molecule has 1 saturated heterocycles. The summed E-state index contributed by atoms with van der Waals surface area (Å²) < 4.78 is 0. The van der Waals surface area contributed by atoms with Crippen LogP contribution in [-0.4, -0.2) is 12.1 Å². The van der Waals surface area contributed by atoms with E-state index in [9.17, 15) is 0 Å². The molecule has 0 aliphatic carbocycles. The van der Waals surface area contributed by atoms with Crippen LogP contribution in [0.4, 0.5) is 0 Å². The van der Waals surface area contributed by atoms with Crippen molar-refractivity contribution < 1.29 is 0 Å².